The van der Waals surface area contributed by atoms with E-state index in [9.17, 15) is 18.3 Å². The van der Waals surface area contributed by atoms with E-state index < -0.39 is 6.36 Å². The lowest BCUT2D eigenvalue weighted by Crippen LogP contribution is -2.17. The summed E-state index contributed by atoms with van der Waals surface area (Å²) < 4.78 is 46.5. The summed E-state index contributed by atoms with van der Waals surface area (Å²) in [5.41, 5.74) is 1.51. The van der Waals surface area contributed by atoms with Crippen LogP contribution in [0.2, 0.25) is 0 Å². The van der Waals surface area contributed by atoms with Gasteiger partial charge >= 0.3 is 6.36 Å². The lowest BCUT2D eigenvalue weighted by molar-refractivity contribution is -0.274. The second-order valence-corrected chi connectivity index (χ2v) is 6.53. The van der Waals surface area contributed by atoms with Crippen molar-refractivity contribution in [1.29, 1.82) is 0 Å². The summed E-state index contributed by atoms with van der Waals surface area (Å²) in [5.74, 6) is 0.683. The van der Waals surface area contributed by atoms with Gasteiger partial charge in [-0.1, -0.05) is 42.5 Å². The largest absolute Gasteiger partial charge is 0.573 e. The number of allylic oxidation sites excluding steroid dienone is 1. The standard InChI is InChI=1S/C19H15F3O3S/c20-19(21,22)25-15-8-4-7-14(9-15)17-10-16(23)18(11-24-17)26-12-13-5-2-1-3-6-13/h1-10,23H,11-12H2. The molecule has 0 fully saturated rings. The Kier molecular flexibility index (Phi) is 5.46. The number of rotatable bonds is 5. The number of aliphatic hydroxyl groups excluding tert-OH is 1. The fraction of sp³-hybridized carbons (Fsp3) is 0.158. The highest BCUT2D eigenvalue weighted by Crippen LogP contribution is 2.33. The zero-order valence-corrected chi connectivity index (χ0v) is 14.3. The van der Waals surface area contributed by atoms with Crippen LogP contribution in [0, 0.1) is 0 Å². The Morgan fingerprint density at radius 3 is 2.54 bits per heavy atom. The van der Waals surface area contributed by atoms with Gasteiger partial charge in [-0.3, -0.25) is 0 Å². The minimum atomic E-state index is -4.76. The first kappa shape index (κ1) is 18.3. The average molecular weight is 380 g/mol. The summed E-state index contributed by atoms with van der Waals surface area (Å²) in [6.45, 7) is 0.152. The van der Waals surface area contributed by atoms with Crippen LogP contribution in [0.25, 0.3) is 5.76 Å². The quantitative estimate of drug-likeness (QED) is 0.727. The van der Waals surface area contributed by atoms with Gasteiger partial charge in [-0.2, -0.15) is 0 Å². The van der Waals surface area contributed by atoms with E-state index in [2.05, 4.69) is 4.74 Å². The van der Waals surface area contributed by atoms with Crippen molar-refractivity contribution in [3.8, 4) is 5.75 Å². The number of ether oxygens (including phenoxy) is 2. The predicted octanol–water partition coefficient (Wildman–Crippen LogP) is 5.66. The molecule has 1 aliphatic heterocycles. The number of alkyl halides is 3. The molecule has 0 aliphatic carbocycles. The van der Waals surface area contributed by atoms with E-state index in [0.717, 1.165) is 5.56 Å². The van der Waals surface area contributed by atoms with E-state index in [4.69, 9.17) is 4.74 Å². The van der Waals surface area contributed by atoms with Gasteiger partial charge in [-0.15, -0.1) is 24.9 Å². The molecule has 0 aromatic heterocycles. The molecule has 3 rings (SSSR count). The number of thioether (sulfide) groups is 1. The lowest BCUT2D eigenvalue weighted by Gasteiger charge is -2.19. The van der Waals surface area contributed by atoms with Gasteiger partial charge in [0.2, 0.25) is 0 Å². The van der Waals surface area contributed by atoms with Gasteiger partial charge in [0.1, 0.15) is 23.9 Å². The normalized spacial score (nSPS) is 14.7. The van der Waals surface area contributed by atoms with E-state index in [1.54, 1.807) is 6.07 Å². The van der Waals surface area contributed by atoms with Crippen molar-refractivity contribution in [1.82, 2.24) is 0 Å². The summed E-state index contributed by atoms with van der Waals surface area (Å²) >= 11 is 1.45. The number of benzene rings is 2. The second kappa shape index (κ2) is 7.78. The van der Waals surface area contributed by atoms with Gasteiger partial charge in [0.25, 0.3) is 0 Å². The van der Waals surface area contributed by atoms with Crippen LogP contribution < -0.4 is 4.74 Å². The Bertz CT molecular complexity index is 829. The van der Waals surface area contributed by atoms with Crippen LogP contribution in [0.5, 0.6) is 5.75 Å². The monoisotopic (exact) mass is 380 g/mol. The Morgan fingerprint density at radius 1 is 1.08 bits per heavy atom. The van der Waals surface area contributed by atoms with Crippen LogP contribution in [-0.2, 0) is 10.5 Å². The predicted molar refractivity (Wildman–Crippen MR) is 94.4 cm³/mol. The lowest BCUT2D eigenvalue weighted by atomic mass is 10.1. The average Bonchev–Trinajstić information content (AvgIpc) is 2.60. The summed E-state index contributed by atoms with van der Waals surface area (Å²) in [6.07, 6.45) is -3.35. The van der Waals surface area contributed by atoms with Crippen molar-refractivity contribution in [2.24, 2.45) is 0 Å². The first-order valence-electron chi connectivity index (χ1n) is 7.70. The molecule has 0 bridgehead atoms. The van der Waals surface area contributed by atoms with E-state index in [1.165, 1.54) is 36.0 Å². The molecule has 0 amide bonds. The van der Waals surface area contributed by atoms with Crippen LogP contribution in [-0.4, -0.2) is 18.1 Å². The maximum Gasteiger partial charge on any atom is 0.573 e. The van der Waals surface area contributed by atoms with Crippen LogP contribution in [0.4, 0.5) is 13.2 Å². The maximum absolute atomic E-state index is 12.3. The first-order chi connectivity index (χ1) is 12.4. The molecule has 0 radical (unpaired) electrons. The molecule has 0 saturated heterocycles. The van der Waals surface area contributed by atoms with Gasteiger partial charge in [0, 0.05) is 17.4 Å². The molecule has 2 aromatic rings. The highest BCUT2D eigenvalue weighted by atomic mass is 32.2. The molecule has 2 aromatic carbocycles. The smallest absolute Gasteiger partial charge is 0.507 e. The van der Waals surface area contributed by atoms with Crippen LogP contribution in [0.15, 0.2) is 71.3 Å². The molecule has 0 atom stereocenters. The molecule has 136 valence electrons. The SMILES string of the molecule is OC1=C(SCc2ccccc2)COC(c2cccc(OC(F)(F)F)c2)=C1. The third-order valence-corrected chi connectivity index (χ3v) is 4.67. The van der Waals surface area contributed by atoms with Gasteiger partial charge < -0.3 is 14.6 Å². The van der Waals surface area contributed by atoms with Gasteiger partial charge in [-0.25, -0.2) is 0 Å². The second-order valence-electron chi connectivity index (χ2n) is 5.46. The molecule has 0 spiro atoms. The Balaban J connectivity index is 1.72. The molecular weight excluding hydrogens is 365 g/mol. The number of hydrogen-bond donors (Lipinski definition) is 1. The fourth-order valence-corrected chi connectivity index (χ4v) is 3.22. The summed E-state index contributed by atoms with van der Waals surface area (Å²) in [4.78, 5) is 0.667. The molecule has 26 heavy (non-hydrogen) atoms. The van der Waals surface area contributed by atoms with Crippen molar-refractivity contribution in [3.63, 3.8) is 0 Å². The molecule has 0 unspecified atom stereocenters. The third-order valence-electron chi connectivity index (χ3n) is 3.52. The zero-order chi connectivity index (χ0) is 18.6. The van der Waals surface area contributed by atoms with E-state index >= 15 is 0 Å². The number of hydrogen-bond acceptors (Lipinski definition) is 4. The molecule has 7 heteroatoms. The summed E-state index contributed by atoms with van der Waals surface area (Å²) in [6, 6.07) is 15.2. The van der Waals surface area contributed by atoms with Crippen molar-refractivity contribution >= 4 is 17.5 Å². The third kappa shape index (κ3) is 4.98. The van der Waals surface area contributed by atoms with Crippen LogP contribution in [0.1, 0.15) is 11.1 Å². The molecular formula is C19H15F3O3S. The molecule has 3 nitrogen and oxygen atoms in total. The maximum atomic E-state index is 12.3. The van der Waals surface area contributed by atoms with Gasteiger partial charge in [0.05, 0.1) is 4.91 Å². The van der Waals surface area contributed by atoms with Crippen molar-refractivity contribution < 1.29 is 27.8 Å². The highest BCUT2D eigenvalue weighted by molar-refractivity contribution is 8.02. The van der Waals surface area contributed by atoms with E-state index in [-0.39, 0.29) is 18.1 Å². The molecule has 1 heterocycles. The number of aliphatic hydroxyl groups is 1. The first-order valence-corrected chi connectivity index (χ1v) is 8.69. The zero-order valence-electron chi connectivity index (χ0n) is 13.5. The van der Waals surface area contributed by atoms with Crippen molar-refractivity contribution in [3.05, 3.63) is 82.5 Å². The van der Waals surface area contributed by atoms with Crippen molar-refractivity contribution in [2.45, 2.75) is 12.1 Å². The Morgan fingerprint density at radius 2 is 1.85 bits per heavy atom. The highest BCUT2D eigenvalue weighted by Gasteiger charge is 2.31. The van der Waals surface area contributed by atoms with E-state index in [0.29, 0.717) is 22.0 Å². The minimum Gasteiger partial charge on any atom is -0.507 e. The topological polar surface area (TPSA) is 38.7 Å². The van der Waals surface area contributed by atoms with E-state index in [1.807, 2.05) is 30.3 Å². The fourth-order valence-electron chi connectivity index (χ4n) is 2.34. The van der Waals surface area contributed by atoms with Gasteiger partial charge in [-0.05, 0) is 17.7 Å². The molecule has 1 N–H and O–H groups in total. The van der Waals surface area contributed by atoms with Crippen LogP contribution >= 0.6 is 11.8 Å². The number of halogens is 3. The Hall–Kier alpha value is -2.54. The molecule has 1 aliphatic rings. The van der Waals surface area contributed by atoms with Crippen LogP contribution in [0.3, 0.4) is 0 Å². The van der Waals surface area contributed by atoms with Gasteiger partial charge in [0.15, 0.2) is 0 Å². The van der Waals surface area contributed by atoms with Crippen molar-refractivity contribution in [2.75, 3.05) is 6.61 Å². The summed E-state index contributed by atoms with van der Waals surface area (Å²) in [7, 11) is 0. The minimum absolute atomic E-state index is 0.0503. The summed E-state index contributed by atoms with van der Waals surface area (Å²) in [5, 5.41) is 10.2. The molecule has 0 saturated carbocycles. The Labute approximate surface area is 152 Å².